The number of rotatable bonds is 15. The summed E-state index contributed by atoms with van der Waals surface area (Å²) in [7, 11) is 1.69. The lowest BCUT2D eigenvalue weighted by molar-refractivity contribution is -0.146. The summed E-state index contributed by atoms with van der Waals surface area (Å²) in [6.45, 7) is 13.8. The van der Waals surface area contributed by atoms with E-state index in [1.54, 1.807) is 27.0 Å². The minimum Gasteiger partial charge on any atom is -0.459 e. The Balaban J connectivity index is 1.87. The Morgan fingerprint density at radius 1 is 1.02 bits per heavy atom. The van der Waals surface area contributed by atoms with E-state index >= 15 is 0 Å². The first-order valence-electron chi connectivity index (χ1n) is 16.1. The number of hydrogen-bond donors (Lipinski definition) is 3. The van der Waals surface area contributed by atoms with E-state index in [-0.39, 0.29) is 60.5 Å². The molecule has 11 heteroatoms. The van der Waals surface area contributed by atoms with E-state index in [2.05, 4.69) is 29.0 Å². The molecule has 2 heterocycles. The molecular weight excluding hydrogens is 578 g/mol. The van der Waals surface area contributed by atoms with Gasteiger partial charge >= 0.3 is 5.97 Å². The molecule has 2 aliphatic heterocycles. The van der Waals surface area contributed by atoms with Crippen LogP contribution in [0.5, 0.6) is 0 Å². The number of carbonyl (C=O) groups excluding carboxylic acids is 4. The Bertz CT molecular complexity index is 1090. The van der Waals surface area contributed by atoms with Gasteiger partial charge in [0.1, 0.15) is 6.10 Å². The van der Waals surface area contributed by atoms with Crippen LogP contribution in [-0.2, 0) is 38.1 Å². The molecule has 0 aromatic heterocycles. The number of carbonyl (C=O) groups is 4. The van der Waals surface area contributed by atoms with Crippen molar-refractivity contribution in [2.45, 2.75) is 129 Å². The minimum atomic E-state index is -0.472. The molecule has 0 aromatic carbocycles. The molecule has 0 bridgehead atoms. The van der Waals surface area contributed by atoms with Crippen molar-refractivity contribution >= 4 is 23.7 Å². The van der Waals surface area contributed by atoms with Gasteiger partial charge in [-0.1, -0.05) is 37.6 Å². The third-order valence-corrected chi connectivity index (χ3v) is 8.32. The first-order valence-corrected chi connectivity index (χ1v) is 16.1. The molecule has 7 unspecified atom stereocenters. The van der Waals surface area contributed by atoms with E-state index in [0.717, 1.165) is 18.4 Å². The van der Waals surface area contributed by atoms with Gasteiger partial charge < -0.3 is 34.9 Å². The van der Waals surface area contributed by atoms with Crippen LogP contribution >= 0.6 is 0 Å². The summed E-state index contributed by atoms with van der Waals surface area (Å²) in [6, 6.07) is -0.113. The van der Waals surface area contributed by atoms with Crippen LogP contribution in [0.4, 0.5) is 0 Å². The monoisotopic (exact) mass is 633 g/mol. The van der Waals surface area contributed by atoms with E-state index in [1.165, 1.54) is 13.0 Å². The maximum absolute atomic E-state index is 12.5. The molecule has 2 rings (SSSR count). The van der Waals surface area contributed by atoms with Gasteiger partial charge in [-0.25, -0.2) is 0 Å². The molecule has 2 fully saturated rings. The lowest BCUT2D eigenvalue weighted by Gasteiger charge is -2.40. The summed E-state index contributed by atoms with van der Waals surface area (Å²) in [5, 5.41) is 8.61. The third-order valence-electron chi connectivity index (χ3n) is 8.32. The molecule has 2 saturated heterocycles. The number of ether oxygens (including phenoxy) is 4. The topological polar surface area (TPSA) is 141 Å². The van der Waals surface area contributed by atoms with E-state index in [9.17, 15) is 19.2 Å². The smallest absolute Gasteiger partial charge is 0.303 e. The Morgan fingerprint density at radius 2 is 1.71 bits per heavy atom. The lowest BCUT2D eigenvalue weighted by atomic mass is 9.86. The minimum absolute atomic E-state index is 0.0249. The number of amides is 3. The molecule has 2 aliphatic rings. The van der Waals surface area contributed by atoms with Crippen molar-refractivity contribution in [1.29, 1.82) is 0 Å². The summed E-state index contributed by atoms with van der Waals surface area (Å²) < 4.78 is 23.4. The van der Waals surface area contributed by atoms with E-state index in [1.807, 2.05) is 32.9 Å². The first-order chi connectivity index (χ1) is 21.2. The van der Waals surface area contributed by atoms with Crippen LogP contribution in [0.15, 0.2) is 36.0 Å². The van der Waals surface area contributed by atoms with Crippen molar-refractivity contribution in [3.8, 4) is 0 Å². The van der Waals surface area contributed by atoms with Crippen LogP contribution in [0.2, 0.25) is 0 Å². The number of esters is 1. The van der Waals surface area contributed by atoms with Gasteiger partial charge in [0.15, 0.2) is 0 Å². The van der Waals surface area contributed by atoms with Crippen molar-refractivity contribution < 1.29 is 38.1 Å². The zero-order chi connectivity index (χ0) is 33.6. The zero-order valence-electron chi connectivity index (χ0n) is 28.4. The fourth-order valence-electron chi connectivity index (χ4n) is 5.64. The van der Waals surface area contributed by atoms with Gasteiger partial charge in [-0.05, 0) is 52.5 Å². The number of methoxy groups -OCH3 is 1. The second-order valence-electron chi connectivity index (χ2n) is 12.5. The van der Waals surface area contributed by atoms with Gasteiger partial charge in [0.2, 0.25) is 17.7 Å². The summed E-state index contributed by atoms with van der Waals surface area (Å²) in [4.78, 5) is 47.4. The number of hydrogen-bond acceptors (Lipinski definition) is 8. The van der Waals surface area contributed by atoms with Gasteiger partial charge in [0.05, 0.1) is 42.5 Å². The second-order valence-corrected chi connectivity index (χ2v) is 12.5. The first kappa shape index (κ1) is 38.2. The van der Waals surface area contributed by atoms with Crippen LogP contribution < -0.4 is 16.0 Å². The van der Waals surface area contributed by atoms with Gasteiger partial charge in [-0.2, -0.15) is 0 Å². The molecule has 0 aliphatic carbocycles. The molecule has 0 spiro atoms. The molecule has 254 valence electrons. The Morgan fingerprint density at radius 3 is 2.36 bits per heavy atom. The van der Waals surface area contributed by atoms with Crippen molar-refractivity contribution in [2.24, 2.45) is 5.92 Å². The Kier molecular flexibility index (Phi) is 16.0. The molecule has 0 saturated carbocycles. The zero-order valence-corrected chi connectivity index (χ0v) is 28.4. The molecule has 0 aromatic rings. The molecule has 3 amide bonds. The van der Waals surface area contributed by atoms with E-state index < -0.39 is 17.7 Å². The third kappa shape index (κ3) is 14.3. The molecule has 0 radical (unpaired) electrons. The highest BCUT2D eigenvalue weighted by Gasteiger charge is 2.38. The summed E-state index contributed by atoms with van der Waals surface area (Å²) in [5.74, 6) is -0.555. The van der Waals surface area contributed by atoms with Gasteiger partial charge in [-0.15, -0.1) is 0 Å². The maximum Gasteiger partial charge on any atom is 0.303 e. The SMILES string of the molecule is CCC(=O)NCCNC(=O)C[C@@H]1CC(C)(OC)CC(/C=C/C(C)=C/CC2OC(C)C(NC(=O)/C=C\C(C)OC(C)=O)CC2C)O1. The summed E-state index contributed by atoms with van der Waals surface area (Å²) in [5.41, 5.74) is 0.673. The largest absolute Gasteiger partial charge is 0.459 e. The molecular formula is C34H55N3O8. The predicted octanol–water partition coefficient (Wildman–Crippen LogP) is 3.67. The van der Waals surface area contributed by atoms with Crippen molar-refractivity contribution in [1.82, 2.24) is 16.0 Å². The van der Waals surface area contributed by atoms with Crippen molar-refractivity contribution in [3.63, 3.8) is 0 Å². The van der Waals surface area contributed by atoms with E-state index in [4.69, 9.17) is 18.9 Å². The second kappa shape index (κ2) is 18.8. The number of nitrogens with one attached hydrogen (secondary N) is 3. The van der Waals surface area contributed by atoms with Crippen LogP contribution in [-0.4, -0.2) is 86.1 Å². The standard InChI is InChI=1S/C34H55N3O8/c1-9-31(39)35-16-17-36-33(41)19-28-21-34(7,42-8)20-27(45-28)13-10-22(2)11-14-30-23(3)18-29(25(5)44-30)37-32(40)15-12-24(4)43-26(6)38/h10-13,15,23-25,27-30H,9,14,16-21H2,1-8H3,(H,35,39)(H,36,41)(H,37,40)/b13-10+,15-12-,22-11+/t23?,24?,25?,27?,28-,29?,30?,34?/m1/s1. The summed E-state index contributed by atoms with van der Waals surface area (Å²) >= 11 is 0. The van der Waals surface area contributed by atoms with Crippen LogP contribution in [0.25, 0.3) is 0 Å². The van der Waals surface area contributed by atoms with Crippen LogP contribution in [0.3, 0.4) is 0 Å². The highest BCUT2D eigenvalue weighted by molar-refractivity contribution is 5.87. The lowest BCUT2D eigenvalue weighted by Crippen LogP contribution is -2.50. The quantitative estimate of drug-likeness (QED) is 0.107. The average Bonchev–Trinajstić information content (AvgIpc) is 2.97. The average molecular weight is 634 g/mol. The van der Waals surface area contributed by atoms with Gasteiger partial charge in [0, 0.05) is 52.5 Å². The predicted molar refractivity (Wildman–Crippen MR) is 172 cm³/mol. The Labute approximate surface area is 268 Å². The highest BCUT2D eigenvalue weighted by atomic mass is 16.5. The van der Waals surface area contributed by atoms with Gasteiger partial charge in [0.25, 0.3) is 0 Å². The van der Waals surface area contributed by atoms with Crippen molar-refractivity contribution in [2.75, 3.05) is 20.2 Å². The summed E-state index contributed by atoms with van der Waals surface area (Å²) in [6.07, 6.45) is 11.6. The molecule has 3 N–H and O–H groups in total. The number of allylic oxidation sites excluding steroid dienone is 2. The fourth-order valence-corrected chi connectivity index (χ4v) is 5.64. The van der Waals surface area contributed by atoms with Crippen LogP contribution in [0, 0.1) is 5.92 Å². The highest BCUT2D eigenvalue weighted by Crippen LogP contribution is 2.33. The van der Waals surface area contributed by atoms with Crippen molar-refractivity contribution in [3.05, 3.63) is 36.0 Å². The molecule has 8 atom stereocenters. The normalized spacial score (nSPS) is 29.7. The fraction of sp³-hybridized carbons (Fsp3) is 0.706. The van der Waals surface area contributed by atoms with Crippen LogP contribution in [0.1, 0.15) is 87.0 Å². The molecule has 45 heavy (non-hydrogen) atoms. The van der Waals surface area contributed by atoms with E-state index in [0.29, 0.717) is 32.4 Å². The Hall–Kier alpha value is -3.02. The molecule has 11 nitrogen and oxygen atoms in total. The van der Waals surface area contributed by atoms with Gasteiger partial charge in [-0.3, -0.25) is 19.2 Å². The maximum atomic E-state index is 12.5.